The van der Waals surface area contributed by atoms with E-state index in [1.165, 1.54) is 24.3 Å². The first-order valence-corrected chi connectivity index (χ1v) is 13.7. The van der Waals surface area contributed by atoms with Crippen molar-refractivity contribution in [2.75, 3.05) is 5.32 Å². The molecule has 0 saturated heterocycles. The summed E-state index contributed by atoms with van der Waals surface area (Å²) in [6, 6.07) is 7.94. The van der Waals surface area contributed by atoms with Gasteiger partial charge in [-0.1, -0.05) is 37.3 Å². The minimum absolute atomic E-state index is 0.00792. The predicted molar refractivity (Wildman–Crippen MR) is 149 cm³/mol. The van der Waals surface area contributed by atoms with E-state index in [0.29, 0.717) is 29.8 Å². The Kier molecular flexibility index (Phi) is 10.3. The molecule has 2 aromatic rings. The average Bonchev–Trinajstić information content (AvgIpc) is 2.88. The minimum Gasteiger partial charge on any atom is -0.460 e. The standard InChI is InChI=1S/C31H34F6N2O4/c1-19(30(32,33)34)27(28(42)38-24-7-5-6-20(16-24)10-15-26(41)43-29(2,3)4)22-11-8-21(9-12-22)17-39-18-23(31(35,36)37)13-14-25(39)40/h5-9,11,13-14,16,18-19,22,27H,10,12,15,17H2,1-4H3,(H,38,42)/t19-,22?,27+/m1/s1. The van der Waals surface area contributed by atoms with Gasteiger partial charge in [-0.25, -0.2) is 0 Å². The lowest BCUT2D eigenvalue weighted by Gasteiger charge is -2.31. The van der Waals surface area contributed by atoms with Gasteiger partial charge in [-0.3, -0.25) is 14.4 Å². The van der Waals surface area contributed by atoms with Gasteiger partial charge < -0.3 is 14.6 Å². The summed E-state index contributed by atoms with van der Waals surface area (Å²) >= 11 is 0. The molecule has 6 nitrogen and oxygen atoms in total. The van der Waals surface area contributed by atoms with Gasteiger partial charge in [0.25, 0.3) is 5.56 Å². The number of ether oxygens (including phenoxy) is 1. The lowest BCUT2D eigenvalue weighted by Crippen LogP contribution is -2.40. The largest absolute Gasteiger partial charge is 0.460 e. The Bertz CT molecular complexity index is 1430. The van der Waals surface area contributed by atoms with E-state index in [1.807, 2.05) is 0 Å². The van der Waals surface area contributed by atoms with Crippen LogP contribution in [-0.2, 0) is 33.5 Å². The molecule has 0 bridgehead atoms. The maximum absolute atomic E-state index is 13.9. The highest BCUT2D eigenvalue weighted by Crippen LogP contribution is 2.39. The topological polar surface area (TPSA) is 77.4 Å². The first-order chi connectivity index (χ1) is 19.8. The lowest BCUT2D eigenvalue weighted by atomic mass is 9.77. The minimum atomic E-state index is -4.68. The van der Waals surface area contributed by atoms with Crippen molar-refractivity contribution in [2.45, 2.75) is 71.5 Å². The number of nitrogens with one attached hydrogen (secondary N) is 1. The number of pyridine rings is 1. The number of carbonyl (C=O) groups is 2. The third-order valence-electron chi connectivity index (χ3n) is 6.92. The number of anilines is 1. The zero-order valence-electron chi connectivity index (χ0n) is 24.2. The summed E-state index contributed by atoms with van der Waals surface area (Å²) in [7, 11) is 0. The maximum Gasteiger partial charge on any atom is 0.417 e. The monoisotopic (exact) mass is 612 g/mol. The summed E-state index contributed by atoms with van der Waals surface area (Å²) in [5.74, 6) is -5.66. The van der Waals surface area contributed by atoms with Crippen LogP contribution in [0.4, 0.5) is 32.0 Å². The van der Waals surface area contributed by atoms with Crippen molar-refractivity contribution in [3.8, 4) is 0 Å². The summed E-state index contributed by atoms with van der Waals surface area (Å²) in [6.45, 7) is 5.95. The molecule has 1 N–H and O–H groups in total. The smallest absolute Gasteiger partial charge is 0.417 e. The maximum atomic E-state index is 13.9. The molecule has 1 aliphatic rings. The third-order valence-corrected chi connectivity index (χ3v) is 6.92. The normalized spacial score (nSPS) is 17.2. The molecule has 3 rings (SSSR count). The number of carbonyl (C=O) groups excluding carboxylic acids is 2. The number of alkyl halides is 6. The van der Waals surface area contributed by atoms with E-state index < -0.39 is 58.7 Å². The number of rotatable bonds is 9. The number of halogens is 6. The van der Waals surface area contributed by atoms with Crippen LogP contribution in [0.15, 0.2) is 71.2 Å². The summed E-state index contributed by atoms with van der Waals surface area (Å²) in [6.07, 6.45) is -3.87. The number of allylic oxidation sites excluding steroid dienone is 4. The summed E-state index contributed by atoms with van der Waals surface area (Å²) in [4.78, 5) is 37.4. The van der Waals surface area contributed by atoms with Crippen LogP contribution in [0, 0.1) is 17.8 Å². The van der Waals surface area contributed by atoms with Crippen LogP contribution in [-0.4, -0.2) is 28.2 Å². The van der Waals surface area contributed by atoms with Gasteiger partial charge in [-0.05, 0) is 68.9 Å². The molecule has 234 valence electrons. The van der Waals surface area contributed by atoms with Gasteiger partial charge in [0.1, 0.15) is 5.60 Å². The fourth-order valence-electron chi connectivity index (χ4n) is 4.75. The highest BCUT2D eigenvalue weighted by molar-refractivity contribution is 5.93. The van der Waals surface area contributed by atoms with Gasteiger partial charge in [-0.15, -0.1) is 0 Å². The van der Waals surface area contributed by atoms with E-state index in [1.54, 1.807) is 39.0 Å². The van der Waals surface area contributed by atoms with Crippen molar-refractivity contribution in [3.05, 3.63) is 87.9 Å². The SMILES string of the molecule is C[C@H]([C@H](C(=O)Nc1cccc(CCC(=O)OC(C)(C)C)c1)C1C=CC(Cn2cc(C(F)(F)F)ccc2=O)=CC1)C(F)(F)F. The first kappa shape index (κ1) is 33.7. The number of nitrogens with zero attached hydrogens (tertiary/aromatic N) is 1. The van der Waals surface area contributed by atoms with E-state index in [-0.39, 0.29) is 25.1 Å². The Morgan fingerprint density at radius 1 is 1.07 bits per heavy atom. The second-order valence-electron chi connectivity index (χ2n) is 11.6. The molecule has 3 atom stereocenters. The number of benzene rings is 1. The summed E-state index contributed by atoms with van der Waals surface area (Å²) < 4.78 is 87.0. The fraction of sp³-hybridized carbons (Fsp3) is 0.452. The summed E-state index contributed by atoms with van der Waals surface area (Å²) in [5, 5.41) is 2.58. The fourth-order valence-corrected chi connectivity index (χ4v) is 4.75. The van der Waals surface area contributed by atoms with Crippen molar-refractivity contribution in [2.24, 2.45) is 17.8 Å². The Morgan fingerprint density at radius 3 is 2.35 bits per heavy atom. The van der Waals surface area contributed by atoms with Crippen LogP contribution in [0.5, 0.6) is 0 Å². The first-order valence-electron chi connectivity index (χ1n) is 13.7. The van der Waals surface area contributed by atoms with Crippen LogP contribution < -0.4 is 10.9 Å². The highest BCUT2D eigenvalue weighted by atomic mass is 19.4. The Labute approximate surface area is 245 Å². The molecular formula is C31H34F6N2O4. The van der Waals surface area contributed by atoms with Crippen LogP contribution in [0.3, 0.4) is 0 Å². The van der Waals surface area contributed by atoms with Gasteiger partial charge in [0, 0.05) is 24.4 Å². The second kappa shape index (κ2) is 13.2. The molecule has 12 heteroatoms. The molecule has 0 spiro atoms. The number of aryl methyl sites for hydroxylation is 1. The Hall–Kier alpha value is -3.83. The van der Waals surface area contributed by atoms with Gasteiger partial charge in [-0.2, -0.15) is 26.3 Å². The third kappa shape index (κ3) is 9.86. The van der Waals surface area contributed by atoms with Gasteiger partial charge in [0.15, 0.2) is 0 Å². The van der Waals surface area contributed by atoms with Crippen molar-refractivity contribution >= 4 is 17.6 Å². The van der Waals surface area contributed by atoms with Crippen LogP contribution in [0.25, 0.3) is 0 Å². The quantitative estimate of drug-likeness (QED) is 0.242. The number of aromatic nitrogens is 1. The number of hydrogen-bond acceptors (Lipinski definition) is 4. The molecule has 0 aliphatic heterocycles. The number of amides is 1. The number of hydrogen-bond donors (Lipinski definition) is 1. The molecule has 0 fully saturated rings. The molecular weight excluding hydrogens is 578 g/mol. The van der Waals surface area contributed by atoms with Crippen molar-refractivity contribution in [1.82, 2.24) is 4.57 Å². The van der Waals surface area contributed by atoms with Crippen LogP contribution >= 0.6 is 0 Å². The highest BCUT2D eigenvalue weighted by Gasteiger charge is 2.47. The summed E-state index contributed by atoms with van der Waals surface area (Å²) in [5.41, 5.74) is -0.939. The van der Waals surface area contributed by atoms with Gasteiger partial charge in [0.05, 0.1) is 23.9 Å². The molecule has 0 saturated carbocycles. The average molecular weight is 613 g/mol. The van der Waals surface area contributed by atoms with E-state index >= 15 is 0 Å². The molecule has 1 aromatic heterocycles. The van der Waals surface area contributed by atoms with Gasteiger partial charge >= 0.3 is 18.3 Å². The second-order valence-corrected chi connectivity index (χ2v) is 11.6. The molecule has 1 amide bonds. The zero-order chi connectivity index (χ0) is 32.2. The van der Waals surface area contributed by atoms with Gasteiger partial charge in [0.2, 0.25) is 5.91 Å². The molecule has 43 heavy (non-hydrogen) atoms. The lowest BCUT2D eigenvalue weighted by molar-refractivity contribution is -0.188. The molecule has 1 aliphatic carbocycles. The van der Waals surface area contributed by atoms with Crippen molar-refractivity contribution in [3.63, 3.8) is 0 Å². The van der Waals surface area contributed by atoms with Crippen LogP contribution in [0.1, 0.15) is 51.7 Å². The predicted octanol–water partition coefficient (Wildman–Crippen LogP) is 7.10. The molecule has 1 unspecified atom stereocenters. The van der Waals surface area contributed by atoms with Crippen molar-refractivity contribution < 1.29 is 40.7 Å². The Balaban J connectivity index is 1.74. The molecule has 1 aromatic carbocycles. The van der Waals surface area contributed by atoms with E-state index in [4.69, 9.17) is 4.74 Å². The molecule has 0 radical (unpaired) electrons. The molecule has 1 heterocycles. The number of esters is 1. The zero-order valence-corrected chi connectivity index (χ0v) is 24.2. The van der Waals surface area contributed by atoms with E-state index in [2.05, 4.69) is 5.32 Å². The van der Waals surface area contributed by atoms with E-state index in [0.717, 1.165) is 17.6 Å². The van der Waals surface area contributed by atoms with Crippen LogP contribution in [0.2, 0.25) is 0 Å². The van der Waals surface area contributed by atoms with E-state index in [9.17, 15) is 40.7 Å². The van der Waals surface area contributed by atoms with Crippen molar-refractivity contribution in [1.29, 1.82) is 0 Å². The Morgan fingerprint density at radius 2 is 1.77 bits per heavy atom.